The SMILES string of the molecule is CC(=O)c1ccc(NC(=O)c2ccc(NCCc3c[nH]c4ccccc34)cn2)cc1. The maximum absolute atomic E-state index is 12.4. The third-order valence-corrected chi connectivity index (χ3v) is 4.94. The van der Waals surface area contributed by atoms with E-state index >= 15 is 0 Å². The Morgan fingerprint density at radius 1 is 0.967 bits per heavy atom. The van der Waals surface area contributed by atoms with E-state index in [4.69, 9.17) is 0 Å². The summed E-state index contributed by atoms with van der Waals surface area (Å²) < 4.78 is 0. The van der Waals surface area contributed by atoms with Gasteiger partial charge in [0, 0.05) is 34.9 Å². The number of hydrogen-bond acceptors (Lipinski definition) is 4. The molecule has 2 heterocycles. The smallest absolute Gasteiger partial charge is 0.274 e. The Labute approximate surface area is 174 Å². The zero-order chi connectivity index (χ0) is 20.9. The molecule has 1 amide bonds. The highest BCUT2D eigenvalue weighted by molar-refractivity contribution is 6.03. The first kappa shape index (κ1) is 19.4. The first-order valence-corrected chi connectivity index (χ1v) is 9.77. The van der Waals surface area contributed by atoms with Crippen molar-refractivity contribution in [2.45, 2.75) is 13.3 Å². The van der Waals surface area contributed by atoms with Gasteiger partial charge in [0.25, 0.3) is 5.91 Å². The van der Waals surface area contributed by atoms with Gasteiger partial charge in [-0.2, -0.15) is 0 Å². The Kier molecular flexibility index (Phi) is 5.57. The molecule has 150 valence electrons. The number of fused-ring (bicyclic) bond motifs is 1. The molecule has 2 aromatic heterocycles. The lowest BCUT2D eigenvalue weighted by atomic mass is 10.1. The van der Waals surface area contributed by atoms with Gasteiger partial charge in [-0.15, -0.1) is 0 Å². The third kappa shape index (κ3) is 4.38. The fraction of sp³-hybridized carbons (Fsp3) is 0.125. The minimum absolute atomic E-state index is 0.0117. The van der Waals surface area contributed by atoms with Gasteiger partial charge in [-0.05, 0) is 61.4 Å². The molecule has 0 radical (unpaired) electrons. The summed E-state index contributed by atoms with van der Waals surface area (Å²) in [4.78, 5) is 31.2. The van der Waals surface area contributed by atoms with Crippen LogP contribution in [0.2, 0.25) is 0 Å². The van der Waals surface area contributed by atoms with Crippen LogP contribution in [0.3, 0.4) is 0 Å². The van der Waals surface area contributed by atoms with Gasteiger partial charge in [-0.25, -0.2) is 4.98 Å². The van der Waals surface area contributed by atoms with Crippen molar-refractivity contribution in [3.63, 3.8) is 0 Å². The van der Waals surface area contributed by atoms with Crippen molar-refractivity contribution in [2.75, 3.05) is 17.2 Å². The molecule has 4 rings (SSSR count). The number of aromatic nitrogens is 2. The minimum Gasteiger partial charge on any atom is -0.383 e. The summed E-state index contributed by atoms with van der Waals surface area (Å²) in [6, 6.07) is 18.6. The second kappa shape index (κ2) is 8.61. The predicted octanol–water partition coefficient (Wildman–Crippen LogP) is 4.67. The van der Waals surface area contributed by atoms with E-state index in [2.05, 4.69) is 32.7 Å². The quantitative estimate of drug-likeness (QED) is 0.395. The van der Waals surface area contributed by atoms with E-state index in [1.807, 2.05) is 24.4 Å². The van der Waals surface area contributed by atoms with Crippen LogP contribution in [0.5, 0.6) is 0 Å². The van der Waals surface area contributed by atoms with E-state index < -0.39 is 0 Å². The number of nitrogens with zero attached hydrogens (tertiary/aromatic N) is 1. The summed E-state index contributed by atoms with van der Waals surface area (Å²) >= 11 is 0. The fourth-order valence-corrected chi connectivity index (χ4v) is 3.30. The first-order chi connectivity index (χ1) is 14.6. The molecule has 2 aromatic carbocycles. The van der Waals surface area contributed by atoms with E-state index in [1.54, 1.807) is 36.5 Å². The Balaban J connectivity index is 1.32. The van der Waals surface area contributed by atoms with Crippen LogP contribution in [0, 0.1) is 0 Å². The average Bonchev–Trinajstić information content (AvgIpc) is 3.18. The number of ketones is 1. The number of aromatic amines is 1. The lowest BCUT2D eigenvalue weighted by Crippen LogP contribution is -2.14. The van der Waals surface area contributed by atoms with Crippen molar-refractivity contribution in [3.8, 4) is 0 Å². The summed E-state index contributed by atoms with van der Waals surface area (Å²) in [6.45, 7) is 2.27. The number of benzene rings is 2. The van der Waals surface area contributed by atoms with Crippen LogP contribution in [-0.2, 0) is 6.42 Å². The van der Waals surface area contributed by atoms with Crippen LogP contribution in [0.4, 0.5) is 11.4 Å². The zero-order valence-corrected chi connectivity index (χ0v) is 16.6. The van der Waals surface area contributed by atoms with Crippen LogP contribution >= 0.6 is 0 Å². The van der Waals surface area contributed by atoms with Gasteiger partial charge < -0.3 is 15.6 Å². The summed E-state index contributed by atoms with van der Waals surface area (Å²) in [7, 11) is 0. The molecule has 6 heteroatoms. The van der Waals surface area contributed by atoms with Gasteiger partial charge in [0.1, 0.15) is 5.69 Å². The third-order valence-electron chi connectivity index (χ3n) is 4.94. The Hall–Kier alpha value is -3.93. The Bertz CT molecular complexity index is 1180. The molecule has 0 unspecified atom stereocenters. The molecule has 0 aliphatic heterocycles. The van der Waals surface area contributed by atoms with Crippen LogP contribution in [0.25, 0.3) is 10.9 Å². The molecule has 0 aliphatic rings. The molecule has 0 saturated carbocycles. The number of amides is 1. The first-order valence-electron chi connectivity index (χ1n) is 9.77. The highest BCUT2D eigenvalue weighted by Gasteiger charge is 2.09. The minimum atomic E-state index is -0.295. The number of Topliss-reactive ketones (excluding diaryl/α,β-unsaturated/α-hetero) is 1. The Morgan fingerprint density at radius 2 is 1.73 bits per heavy atom. The number of anilines is 2. The molecule has 6 nitrogen and oxygen atoms in total. The van der Waals surface area contributed by atoms with Gasteiger partial charge in [0.15, 0.2) is 5.78 Å². The number of nitrogens with one attached hydrogen (secondary N) is 3. The van der Waals surface area contributed by atoms with Crippen molar-refractivity contribution in [1.82, 2.24) is 9.97 Å². The van der Waals surface area contributed by atoms with E-state index in [-0.39, 0.29) is 11.7 Å². The summed E-state index contributed by atoms with van der Waals surface area (Å²) in [5, 5.41) is 7.36. The second-order valence-electron chi connectivity index (χ2n) is 7.06. The van der Waals surface area contributed by atoms with E-state index in [0.717, 1.165) is 24.2 Å². The van der Waals surface area contributed by atoms with Gasteiger partial charge in [-0.3, -0.25) is 9.59 Å². The highest BCUT2D eigenvalue weighted by atomic mass is 16.2. The molecule has 0 atom stereocenters. The highest BCUT2D eigenvalue weighted by Crippen LogP contribution is 2.18. The maximum atomic E-state index is 12.4. The van der Waals surface area contributed by atoms with Crippen LogP contribution in [0.15, 0.2) is 73.1 Å². The maximum Gasteiger partial charge on any atom is 0.274 e. The van der Waals surface area contributed by atoms with Crippen LogP contribution < -0.4 is 10.6 Å². The van der Waals surface area contributed by atoms with Gasteiger partial charge >= 0.3 is 0 Å². The fourth-order valence-electron chi connectivity index (χ4n) is 3.30. The molecular formula is C24H22N4O2. The lowest BCUT2D eigenvalue weighted by molar-refractivity contribution is 0.101. The number of para-hydroxylation sites is 1. The summed E-state index contributed by atoms with van der Waals surface area (Å²) in [6.07, 6.45) is 4.58. The molecular weight excluding hydrogens is 376 g/mol. The number of pyridine rings is 1. The van der Waals surface area contributed by atoms with Crippen molar-refractivity contribution in [1.29, 1.82) is 0 Å². The molecule has 0 spiro atoms. The standard InChI is InChI=1S/C24H22N4O2/c1-16(29)17-6-8-19(9-7-17)28-24(30)23-11-10-20(15-27-23)25-13-12-18-14-26-22-5-3-2-4-21(18)22/h2-11,14-15,25-26H,12-13H2,1H3,(H,28,30). The van der Waals surface area contributed by atoms with Crippen molar-refractivity contribution in [3.05, 3.63) is 89.9 Å². The van der Waals surface area contributed by atoms with Crippen molar-refractivity contribution < 1.29 is 9.59 Å². The van der Waals surface area contributed by atoms with Gasteiger partial charge in [-0.1, -0.05) is 18.2 Å². The van der Waals surface area contributed by atoms with E-state index in [9.17, 15) is 9.59 Å². The average molecular weight is 398 g/mol. The zero-order valence-electron chi connectivity index (χ0n) is 16.6. The molecule has 0 bridgehead atoms. The van der Waals surface area contributed by atoms with Crippen LogP contribution in [0.1, 0.15) is 33.3 Å². The van der Waals surface area contributed by atoms with E-state index in [1.165, 1.54) is 17.9 Å². The molecule has 0 fully saturated rings. The lowest BCUT2D eigenvalue weighted by Gasteiger charge is -2.08. The molecule has 3 N–H and O–H groups in total. The molecule has 0 aliphatic carbocycles. The number of hydrogen-bond donors (Lipinski definition) is 3. The largest absolute Gasteiger partial charge is 0.383 e. The van der Waals surface area contributed by atoms with Crippen LogP contribution in [-0.4, -0.2) is 28.2 Å². The predicted molar refractivity (Wildman–Crippen MR) is 119 cm³/mol. The number of carbonyl (C=O) groups excluding carboxylic acids is 2. The molecule has 30 heavy (non-hydrogen) atoms. The normalized spacial score (nSPS) is 10.7. The Morgan fingerprint density at radius 3 is 2.47 bits per heavy atom. The monoisotopic (exact) mass is 398 g/mol. The number of carbonyl (C=O) groups is 2. The van der Waals surface area contributed by atoms with Crippen molar-refractivity contribution >= 4 is 34.0 Å². The van der Waals surface area contributed by atoms with E-state index in [0.29, 0.717) is 16.9 Å². The number of H-pyrrole nitrogens is 1. The van der Waals surface area contributed by atoms with Gasteiger partial charge in [0.2, 0.25) is 0 Å². The van der Waals surface area contributed by atoms with Gasteiger partial charge in [0.05, 0.1) is 11.9 Å². The van der Waals surface area contributed by atoms with Crippen molar-refractivity contribution in [2.24, 2.45) is 0 Å². The molecule has 4 aromatic rings. The number of rotatable bonds is 7. The topological polar surface area (TPSA) is 86.9 Å². The molecule has 0 saturated heterocycles. The summed E-state index contributed by atoms with van der Waals surface area (Å²) in [5.74, 6) is -0.307. The second-order valence-corrected chi connectivity index (χ2v) is 7.06. The summed E-state index contributed by atoms with van der Waals surface area (Å²) in [5.41, 5.74) is 4.81.